The van der Waals surface area contributed by atoms with E-state index in [1.54, 1.807) is 0 Å². The molecule has 2 N–H and O–H groups in total. The summed E-state index contributed by atoms with van der Waals surface area (Å²) >= 11 is 0. The normalized spacial score (nSPS) is 13.6. The molecule has 0 heterocycles. The second kappa shape index (κ2) is 8.73. The highest BCUT2D eigenvalue weighted by Gasteiger charge is 1.96. The lowest BCUT2D eigenvalue weighted by molar-refractivity contribution is 0.641. The van der Waals surface area contributed by atoms with Gasteiger partial charge in [0.1, 0.15) is 0 Å². The Morgan fingerprint density at radius 3 is 2.50 bits per heavy atom. The molecule has 14 heavy (non-hydrogen) atoms. The predicted octanol–water partition coefficient (Wildman–Crippen LogP) is 2.43. The highest BCUT2D eigenvalue weighted by Crippen LogP contribution is 2.10. The van der Waals surface area contributed by atoms with Crippen LogP contribution in [0.25, 0.3) is 0 Å². The lowest BCUT2D eigenvalue weighted by Gasteiger charge is -2.06. The molecule has 80 valence electrons. The smallest absolute Gasteiger partial charge is 0.0286 e. The monoisotopic (exact) mass is 194 g/mol. The third-order valence-electron chi connectivity index (χ3n) is 1.88. The molecule has 0 aliphatic rings. The third-order valence-corrected chi connectivity index (χ3v) is 1.88. The molecule has 0 saturated heterocycles. The van der Waals surface area contributed by atoms with Gasteiger partial charge in [-0.2, -0.15) is 0 Å². The molecule has 0 aromatic heterocycles. The lowest BCUT2D eigenvalue weighted by Crippen LogP contribution is -2.27. The molecular weight excluding hydrogens is 172 g/mol. The number of hydrogen-bond acceptors (Lipinski definition) is 2. The van der Waals surface area contributed by atoms with Gasteiger partial charge in [-0.25, -0.2) is 0 Å². The van der Waals surface area contributed by atoms with Gasteiger partial charge in [0.2, 0.25) is 0 Å². The standard InChI is InChI=1S/C12H22N2/c1-5-6-7-8-12(11(2)3)9-10-14-13-4/h5-9,11,13-14H,10H2,1-4H3/b6-5-,8-7-,12-9-. The molecule has 0 spiro atoms. The maximum Gasteiger partial charge on any atom is 0.0286 e. The van der Waals surface area contributed by atoms with Gasteiger partial charge in [0, 0.05) is 6.54 Å². The van der Waals surface area contributed by atoms with Crippen LogP contribution in [0.4, 0.5) is 0 Å². The van der Waals surface area contributed by atoms with Crippen molar-refractivity contribution in [1.29, 1.82) is 0 Å². The van der Waals surface area contributed by atoms with Crippen LogP contribution in [-0.4, -0.2) is 13.6 Å². The Kier molecular flexibility index (Phi) is 8.19. The minimum Gasteiger partial charge on any atom is -0.261 e. The van der Waals surface area contributed by atoms with E-state index < -0.39 is 0 Å². The Bertz CT molecular complexity index is 212. The van der Waals surface area contributed by atoms with Gasteiger partial charge in [-0.15, -0.1) is 0 Å². The van der Waals surface area contributed by atoms with Gasteiger partial charge in [-0.1, -0.05) is 44.2 Å². The number of rotatable bonds is 6. The summed E-state index contributed by atoms with van der Waals surface area (Å²) in [5.74, 6) is 0.565. The Morgan fingerprint density at radius 1 is 1.29 bits per heavy atom. The molecule has 0 atom stereocenters. The van der Waals surface area contributed by atoms with E-state index in [4.69, 9.17) is 0 Å². The summed E-state index contributed by atoms with van der Waals surface area (Å²) in [5, 5.41) is 0. The summed E-state index contributed by atoms with van der Waals surface area (Å²) < 4.78 is 0. The predicted molar refractivity (Wildman–Crippen MR) is 63.9 cm³/mol. The van der Waals surface area contributed by atoms with E-state index in [9.17, 15) is 0 Å². The summed E-state index contributed by atoms with van der Waals surface area (Å²) in [6.45, 7) is 7.27. The maximum atomic E-state index is 3.05. The minimum absolute atomic E-state index is 0.565. The van der Waals surface area contributed by atoms with E-state index >= 15 is 0 Å². The van der Waals surface area contributed by atoms with Crippen molar-refractivity contribution in [2.75, 3.05) is 13.6 Å². The van der Waals surface area contributed by atoms with Gasteiger partial charge in [0.15, 0.2) is 0 Å². The van der Waals surface area contributed by atoms with E-state index in [0.717, 1.165) is 6.54 Å². The van der Waals surface area contributed by atoms with Crippen LogP contribution in [0.15, 0.2) is 36.0 Å². The zero-order valence-corrected chi connectivity index (χ0v) is 9.67. The topological polar surface area (TPSA) is 24.1 Å². The van der Waals surface area contributed by atoms with Crippen LogP contribution in [-0.2, 0) is 0 Å². The van der Waals surface area contributed by atoms with Crippen molar-refractivity contribution in [3.8, 4) is 0 Å². The first kappa shape index (κ1) is 13.1. The van der Waals surface area contributed by atoms with Crippen LogP contribution in [0.1, 0.15) is 20.8 Å². The maximum absolute atomic E-state index is 3.05. The molecule has 0 aliphatic carbocycles. The van der Waals surface area contributed by atoms with Crippen molar-refractivity contribution in [3.05, 3.63) is 36.0 Å². The molecule has 0 aromatic carbocycles. The Morgan fingerprint density at radius 2 is 2.00 bits per heavy atom. The molecule has 2 heteroatoms. The summed E-state index contributed by atoms with van der Waals surface area (Å²) in [7, 11) is 1.87. The van der Waals surface area contributed by atoms with Crippen molar-refractivity contribution >= 4 is 0 Å². The number of nitrogens with one attached hydrogen (secondary N) is 2. The molecule has 0 aliphatic heterocycles. The van der Waals surface area contributed by atoms with Crippen LogP contribution in [0, 0.1) is 5.92 Å². The fraction of sp³-hybridized carbons (Fsp3) is 0.500. The Balaban J connectivity index is 4.21. The molecule has 0 radical (unpaired) electrons. The minimum atomic E-state index is 0.565. The van der Waals surface area contributed by atoms with Crippen molar-refractivity contribution in [1.82, 2.24) is 10.9 Å². The largest absolute Gasteiger partial charge is 0.261 e. The van der Waals surface area contributed by atoms with Gasteiger partial charge in [-0.05, 0) is 25.5 Å². The molecule has 0 bridgehead atoms. The van der Waals surface area contributed by atoms with Crippen molar-refractivity contribution in [3.63, 3.8) is 0 Å². The van der Waals surface area contributed by atoms with Gasteiger partial charge in [0.05, 0.1) is 0 Å². The average Bonchev–Trinajstić information content (AvgIpc) is 2.15. The highest BCUT2D eigenvalue weighted by molar-refractivity contribution is 5.24. The quantitative estimate of drug-likeness (QED) is 0.385. The fourth-order valence-corrected chi connectivity index (χ4v) is 1.04. The second-order valence-electron chi connectivity index (χ2n) is 3.37. The van der Waals surface area contributed by atoms with E-state index in [-0.39, 0.29) is 0 Å². The average molecular weight is 194 g/mol. The van der Waals surface area contributed by atoms with Gasteiger partial charge in [-0.3, -0.25) is 10.9 Å². The van der Waals surface area contributed by atoms with Crippen LogP contribution in [0.2, 0.25) is 0 Å². The van der Waals surface area contributed by atoms with Crippen molar-refractivity contribution in [2.24, 2.45) is 5.92 Å². The molecule has 0 fully saturated rings. The number of hydrogen-bond donors (Lipinski definition) is 2. The molecule has 0 rings (SSSR count). The Labute approximate surface area is 87.8 Å². The number of allylic oxidation sites excluding steroid dienone is 5. The summed E-state index contributed by atoms with van der Waals surface area (Å²) in [6.07, 6.45) is 10.5. The van der Waals surface area contributed by atoms with Gasteiger partial charge < -0.3 is 0 Å². The SMILES string of the molecule is C\C=C/C=C\C(=C\CNNC)C(C)C. The summed E-state index contributed by atoms with van der Waals surface area (Å²) in [4.78, 5) is 0. The molecule has 2 nitrogen and oxygen atoms in total. The first-order valence-electron chi connectivity index (χ1n) is 5.11. The van der Waals surface area contributed by atoms with Gasteiger partial charge in [0.25, 0.3) is 0 Å². The highest BCUT2D eigenvalue weighted by atomic mass is 15.3. The van der Waals surface area contributed by atoms with E-state index in [2.05, 4.69) is 42.9 Å². The van der Waals surface area contributed by atoms with E-state index in [1.807, 2.05) is 26.1 Å². The van der Waals surface area contributed by atoms with Crippen LogP contribution < -0.4 is 10.9 Å². The van der Waals surface area contributed by atoms with Crippen molar-refractivity contribution in [2.45, 2.75) is 20.8 Å². The van der Waals surface area contributed by atoms with Crippen LogP contribution >= 0.6 is 0 Å². The van der Waals surface area contributed by atoms with E-state index in [1.165, 1.54) is 5.57 Å². The van der Waals surface area contributed by atoms with E-state index in [0.29, 0.717) is 5.92 Å². The fourth-order valence-electron chi connectivity index (χ4n) is 1.04. The Hall–Kier alpha value is -0.860. The van der Waals surface area contributed by atoms with Crippen molar-refractivity contribution < 1.29 is 0 Å². The first-order chi connectivity index (χ1) is 6.72. The molecule has 0 unspecified atom stereocenters. The van der Waals surface area contributed by atoms with Crippen LogP contribution in [0.3, 0.4) is 0 Å². The molecular formula is C12H22N2. The molecule has 0 amide bonds. The molecule has 0 aromatic rings. The third kappa shape index (κ3) is 6.63. The van der Waals surface area contributed by atoms with Gasteiger partial charge >= 0.3 is 0 Å². The zero-order valence-electron chi connectivity index (χ0n) is 9.67. The molecule has 0 saturated carbocycles. The first-order valence-corrected chi connectivity index (χ1v) is 5.11. The lowest BCUT2D eigenvalue weighted by atomic mass is 10.0. The summed E-state index contributed by atoms with van der Waals surface area (Å²) in [6, 6.07) is 0. The second-order valence-corrected chi connectivity index (χ2v) is 3.37. The van der Waals surface area contributed by atoms with Crippen LogP contribution in [0.5, 0.6) is 0 Å². The summed E-state index contributed by atoms with van der Waals surface area (Å²) in [5.41, 5.74) is 7.29. The number of hydrazine groups is 1. The zero-order chi connectivity index (χ0) is 10.8.